The molecule has 1 atom stereocenters. The van der Waals surface area contributed by atoms with Gasteiger partial charge in [0.1, 0.15) is 0 Å². The Labute approximate surface area is 114 Å². The van der Waals surface area contributed by atoms with Crippen molar-refractivity contribution < 1.29 is 4.52 Å². The highest BCUT2D eigenvalue weighted by Crippen LogP contribution is 2.26. The van der Waals surface area contributed by atoms with E-state index < -0.39 is 0 Å². The van der Waals surface area contributed by atoms with Crippen LogP contribution in [0, 0.1) is 0 Å². The van der Waals surface area contributed by atoms with Crippen LogP contribution in [0.1, 0.15) is 36.5 Å². The summed E-state index contributed by atoms with van der Waals surface area (Å²) in [5.74, 6) is 2.12. The molecule has 1 aromatic rings. The average molecular weight is 265 g/mol. The van der Waals surface area contributed by atoms with Gasteiger partial charge in [0.25, 0.3) is 0 Å². The van der Waals surface area contributed by atoms with E-state index in [0.717, 1.165) is 57.3 Å². The lowest BCUT2D eigenvalue weighted by Gasteiger charge is -2.35. The van der Waals surface area contributed by atoms with Crippen LogP contribution in [0.5, 0.6) is 0 Å². The van der Waals surface area contributed by atoms with Gasteiger partial charge in [-0.3, -0.25) is 4.90 Å². The number of aromatic nitrogens is 2. The zero-order chi connectivity index (χ0) is 13.2. The van der Waals surface area contributed by atoms with Crippen LogP contribution >= 0.6 is 0 Å². The number of piperazine rings is 1. The molecule has 19 heavy (non-hydrogen) atoms. The fourth-order valence-corrected chi connectivity index (χ4v) is 2.91. The highest BCUT2D eigenvalue weighted by molar-refractivity contribution is 5.01. The summed E-state index contributed by atoms with van der Waals surface area (Å²) in [5, 5.41) is 7.59. The van der Waals surface area contributed by atoms with E-state index in [0.29, 0.717) is 5.92 Å². The van der Waals surface area contributed by atoms with Crippen molar-refractivity contribution in [1.82, 2.24) is 25.3 Å². The van der Waals surface area contributed by atoms with E-state index in [4.69, 9.17) is 4.52 Å². The highest BCUT2D eigenvalue weighted by atomic mass is 16.5. The van der Waals surface area contributed by atoms with Crippen molar-refractivity contribution in [2.24, 2.45) is 0 Å². The lowest BCUT2D eigenvalue weighted by atomic mass is 9.98. The number of nitrogens with zero attached hydrogens (tertiary/aromatic N) is 4. The second-order valence-electron chi connectivity index (χ2n) is 5.77. The molecule has 3 rings (SSSR count). The van der Waals surface area contributed by atoms with Crippen LogP contribution in [0.15, 0.2) is 4.52 Å². The summed E-state index contributed by atoms with van der Waals surface area (Å²) in [5.41, 5.74) is 0. The molecule has 0 saturated carbocycles. The molecule has 3 heterocycles. The third kappa shape index (κ3) is 2.80. The fourth-order valence-electron chi connectivity index (χ4n) is 2.91. The molecule has 106 valence electrons. The first-order valence-electron chi connectivity index (χ1n) is 7.17. The topological polar surface area (TPSA) is 57.4 Å². The molecule has 2 aliphatic rings. The maximum absolute atomic E-state index is 5.51. The Morgan fingerprint density at radius 1 is 1.21 bits per heavy atom. The molecule has 0 radical (unpaired) electrons. The third-order valence-electron chi connectivity index (χ3n) is 4.29. The Morgan fingerprint density at radius 3 is 2.79 bits per heavy atom. The number of likely N-dealkylation sites (N-methyl/N-ethyl adjacent to an activating group) is 2. The van der Waals surface area contributed by atoms with Gasteiger partial charge >= 0.3 is 0 Å². The number of piperidine rings is 1. The van der Waals surface area contributed by atoms with E-state index in [-0.39, 0.29) is 6.04 Å². The van der Waals surface area contributed by atoms with E-state index in [1.165, 1.54) is 0 Å². The van der Waals surface area contributed by atoms with Gasteiger partial charge in [0.15, 0.2) is 5.82 Å². The quantitative estimate of drug-likeness (QED) is 0.838. The molecular weight excluding hydrogens is 242 g/mol. The summed E-state index contributed by atoms with van der Waals surface area (Å²) < 4.78 is 5.51. The molecule has 0 amide bonds. The number of hydrogen-bond donors (Lipinski definition) is 1. The molecule has 2 fully saturated rings. The lowest BCUT2D eigenvalue weighted by molar-refractivity contribution is 0.108. The van der Waals surface area contributed by atoms with Crippen molar-refractivity contribution in [2.45, 2.75) is 24.8 Å². The smallest absolute Gasteiger partial charge is 0.229 e. The van der Waals surface area contributed by atoms with Gasteiger partial charge in [0.2, 0.25) is 5.89 Å². The molecule has 2 aliphatic heterocycles. The molecule has 1 N–H and O–H groups in total. The van der Waals surface area contributed by atoms with Crippen molar-refractivity contribution >= 4 is 0 Å². The van der Waals surface area contributed by atoms with Crippen LogP contribution in [-0.2, 0) is 0 Å². The molecule has 6 nitrogen and oxygen atoms in total. The van der Waals surface area contributed by atoms with Gasteiger partial charge in [0, 0.05) is 25.6 Å². The second kappa shape index (κ2) is 5.56. The molecular formula is C13H23N5O. The van der Waals surface area contributed by atoms with E-state index in [1.807, 2.05) is 0 Å². The molecule has 1 unspecified atom stereocenters. The van der Waals surface area contributed by atoms with Crippen LogP contribution in [0.25, 0.3) is 0 Å². The van der Waals surface area contributed by atoms with Gasteiger partial charge in [-0.2, -0.15) is 4.98 Å². The Balaban J connectivity index is 1.72. The summed E-state index contributed by atoms with van der Waals surface area (Å²) in [4.78, 5) is 9.31. The average Bonchev–Trinajstić information content (AvgIpc) is 2.92. The Hall–Kier alpha value is -0.980. The van der Waals surface area contributed by atoms with Crippen molar-refractivity contribution in [3.8, 4) is 0 Å². The molecule has 0 bridgehead atoms. The standard InChI is InChI=1S/C13H23N5O/c1-17-7-8-18(2)11(9-17)12-15-13(19-16-12)10-3-5-14-6-4-10/h10-11,14H,3-9H2,1-2H3. The largest absolute Gasteiger partial charge is 0.339 e. The third-order valence-corrected chi connectivity index (χ3v) is 4.29. The maximum atomic E-state index is 5.51. The van der Waals surface area contributed by atoms with Crippen molar-refractivity contribution in [1.29, 1.82) is 0 Å². The van der Waals surface area contributed by atoms with Gasteiger partial charge in [-0.05, 0) is 40.0 Å². The first-order valence-corrected chi connectivity index (χ1v) is 7.17. The Morgan fingerprint density at radius 2 is 2.00 bits per heavy atom. The van der Waals surface area contributed by atoms with E-state index in [1.54, 1.807) is 0 Å². The van der Waals surface area contributed by atoms with Gasteiger partial charge < -0.3 is 14.7 Å². The zero-order valence-corrected chi connectivity index (χ0v) is 11.8. The number of nitrogens with one attached hydrogen (secondary N) is 1. The minimum atomic E-state index is 0.262. The predicted molar refractivity (Wildman–Crippen MR) is 72.0 cm³/mol. The summed E-state index contributed by atoms with van der Waals surface area (Å²) in [6, 6.07) is 0.262. The number of rotatable bonds is 2. The monoisotopic (exact) mass is 265 g/mol. The summed E-state index contributed by atoms with van der Waals surface area (Å²) in [6.07, 6.45) is 2.20. The molecule has 1 aromatic heterocycles. The second-order valence-corrected chi connectivity index (χ2v) is 5.77. The normalized spacial score (nSPS) is 27.8. The van der Waals surface area contributed by atoms with Crippen LogP contribution in [0.3, 0.4) is 0 Å². The first kappa shape index (κ1) is 13.0. The zero-order valence-electron chi connectivity index (χ0n) is 11.8. The summed E-state index contributed by atoms with van der Waals surface area (Å²) in [6.45, 7) is 5.23. The van der Waals surface area contributed by atoms with Crippen LogP contribution < -0.4 is 5.32 Å². The predicted octanol–water partition coefficient (Wildman–Crippen LogP) is 0.455. The molecule has 2 saturated heterocycles. The van der Waals surface area contributed by atoms with Crippen LogP contribution in [0.4, 0.5) is 0 Å². The number of hydrogen-bond acceptors (Lipinski definition) is 6. The minimum absolute atomic E-state index is 0.262. The van der Waals surface area contributed by atoms with Gasteiger partial charge in [0.05, 0.1) is 6.04 Å². The highest BCUT2D eigenvalue weighted by Gasteiger charge is 2.29. The van der Waals surface area contributed by atoms with Crippen LogP contribution in [-0.4, -0.2) is 66.8 Å². The van der Waals surface area contributed by atoms with Crippen molar-refractivity contribution in [3.63, 3.8) is 0 Å². The molecule has 0 aliphatic carbocycles. The minimum Gasteiger partial charge on any atom is -0.339 e. The van der Waals surface area contributed by atoms with Crippen LogP contribution in [0.2, 0.25) is 0 Å². The van der Waals surface area contributed by atoms with E-state index in [2.05, 4.69) is 39.4 Å². The van der Waals surface area contributed by atoms with E-state index in [9.17, 15) is 0 Å². The lowest BCUT2D eigenvalue weighted by Crippen LogP contribution is -2.45. The summed E-state index contributed by atoms with van der Waals surface area (Å²) >= 11 is 0. The van der Waals surface area contributed by atoms with Gasteiger partial charge in [-0.15, -0.1) is 0 Å². The van der Waals surface area contributed by atoms with E-state index >= 15 is 0 Å². The van der Waals surface area contributed by atoms with Gasteiger partial charge in [-0.25, -0.2) is 0 Å². The van der Waals surface area contributed by atoms with Crippen molar-refractivity contribution in [3.05, 3.63) is 11.7 Å². The maximum Gasteiger partial charge on any atom is 0.229 e. The van der Waals surface area contributed by atoms with Gasteiger partial charge in [-0.1, -0.05) is 5.16 Å². The Kier molecular flexibility index (Phi) is 3.81. The summed E-state index contributed by atoms with van der Waals surface area (Å²) in [7, 11) is 4.28. The molecule has 0 spiro atoms. The fraction of sp³-hybridized carbons (Fsp3) is 0.846. The Bertz CT molecular complexity index is 415. The SMILES string of the molecule is CN1CCN(C)C(c2noc(C3CCNCC3)n2)C1. The molecule has 0 aromatic carbocycles. The first-order chi connectivity index (χ1) is 9.24. The van der Waals surface area contributed by atoms with Crippen molar-refractivity contribution in [2.75, 3.05) is 46.8 Å². The molecule has 6 heteroatoms.